The largest absolute Gasteiger partial charge is 0.343 e. The third-order valence-corrected chi connectivity index (χ3v) is 4.00. The van der Waals surface area contributed by atoms with E-state index < -0.39 is 10.8 Å². The van der Waals surface area contributed by atoms with Crippen LogP contribution in [-0.2, 0) is 4.79 Å². The molecule has 1 unspecified atom stereocenters. The number of rotatable bonds is 4. The summed E-state index contributed by atoms with van der Waals surface area (Å²) in [5, 5.41) is 20.0. The summed E-state index contributed by atoms with van der Waals surface area (Å²) in [7, 11) is 0. The summed E-state index contributed by atoms with van der Waals surface area (Å²) in [6.07, 6.45) is 4.46. The molecule has 1 aromatic rings. The first kappa shape index (κ1) is 16.0. The second kappa shape index (κ2) is 7.55. The molecule has 0 bridgehead atoms. The zero-order valence-electron chi connectivity index (χ0n) is 12.4. The molecule has 1 heterocycles. The Labute approximate surface area is 129 Å². The SMILES string of the molecule is N#CC(CC(=O)N1CCCCCC1)c1ccc([N+](=O)[O-])cc1. The highest BCUT2D eigenvalue weighted by Gasteiger charge is 2.21. The van der Waals surface area contributed by atoms with Gasteiger partial charge in [0.25, 0.3) is 5.69 Å². The van der Waals surface area contributed by atoms with Crippen LogP contribution in [-0.4, -0.2) is 28.8 Å². The molecule has 22 heavy (non-hydrogen) atoms. The number of non-ortho nitro benzene ring substituents is 1. The van der Waals surface area contributed by atoms with Crippen molar-refractivity contribution in [2.45, 2.75) is 38.0 Å². The predicted octanol–water partition coefficient (Wildman–Crippen LogP) is 2.99. The molecule has 0 N–H and O–H groups in total. The van der Waals surface area contributed by atoms with Crippen LogP contribution in [0.25, 0.3) is 0 Å². The number of benzene rings is 1. The molecule has 1 aromatic carbocycles. The number of nitro benzene ring substituents is 1. The van der Waals surface area contributed by atoms with Gasteiger partial charge in [-0.15, -0.1) is 0 Å². The van der Waals surface area contributed by atoms with E-state index in [0.29, 0.717) is 5.56 Å². The van der Waals surface area contributed by atoms with Crippen LogP contribution in [0.2, 0.25) is 0 Å². The van der Waals surface area contributed by atoms with Crippen molar-refractivity contribution in [2.24, 2.45) is 0 Å². The second-order valence-corrected chi connectivity index (χ2v) is 5.53. The van der Waals surface area contributed by atoms with E-state index in [-0.39, 0.29) is 18.0 Å². The van der Waals surface area contributed by atoms with Gasteiger partial charge in [-0.05, 0) is 18.4 Å². The zero-order valence-corrected chi connectivity index (χ0v) is 12.4. The lowest BCUT2D eigenvalue weighted by Crippen LogP contribution is -2.32. The summed E-state index contributed by atoms with van der Waals surface area (Å²) < 4.78 is 0. The maximum absolute atomic E-state index is 12.3. The van der Waals surface area contributed by atoms with E-state index in [2.05, 4.69) is 6.07 Å². The van der Waals surface area contributed by atoms with Crippen LogP contribution >= 0.6 is 0 Å². The number of carbonyl (C=O) groups is 1. The van der Waals surface area contributed by atoms with Crippen molar-refractivity contribution in [3.8, 4) is 6.07 Å². The quantitative estimate of drug-likeness (QED) is 0.631. The van der Waals surface area contributed by atoms with Gasteiger partial charge in [-0.3, -0.25) is 14.9 Å². The molecule has 1 saturated heterocycles. The maximum atomic E-state index is 12.3. The molecule has 0 radical (unpaired) electrons. The Bertz CT molecular complexity index is 569. The Balaban J connectivity index is 2.03. The first-order chi connectivity index (χ1) is 10.6. The van der Waals surface area contributed by atoms with Gasteiger partial charge in [-0.25, -0.2) is 0 Å². The third kappa shape index (κ3) is 4.04. The van der Waals surface area contributed by atoms with Crippen LogP contribution in [0, 0.1) is 21.4 Å². The molecule has 1 aliphatic rings. The van der Waals surface area contributed by atoms with Crippen molar-refractivity contribution in [1.29, 1.82) is 5.26 Å². The van der Waals surface area contributed by atoms with Gasteiger partial charge in [0.2, 0.25) is 5.91 Å². The van der Waals surface area contributed by atoms with Crippen LogP contribution in [0.3, 0.4) is 0 Å². The highest BCUT2D eigenvalue weighted by molar-refractivity contribution is 5.77. The van der Waals surface area contributed by atoms with Gasteiger partial charge in [0, 0.05) is 31.6 Å². The number of amides is 1. The zero-order chi connectivity index (χ0) is 15.9. The fourth-order valence-electron chi connectivity index (χ4n) is 2.69. The van der Waals surface area contributed by atoms with Crippen LogP contribution in [0.1, 0.15) is 43.6 Å². The molecule has 2 rings (SSSR count). The summed E-state index contributed by atoms with van der Waals surface area (Å²) in [6, 6.07) is 7.99. The van der Waals surface area contributed by atoms with Crippen molar-refractivity contribution >= 4 is 11.6 Å². The molecule has 6 nitrogen and oxygen atoms in total. The minimum absolute atomic E-state index is 0.00759. The number of hydrogen-bond acceptors (Lipinski definition) is 4. The Morgan fingerprint density at radius 1 is 1.23 bits per heavy atom. The Kier molecular flexibility index (Phi) is 5.48. The second-order valence-electron chi connectivity index (χ2n) is 5.53. The first-order valence-corrected chi connectivity index (χ1v) is 7.53. The molecular weight excluding hydrogens is 282 g/mol. The van der Waals surface area contributed by atoms with Crippen molar-refractivity contribution < 1.29 is 9.72 Å². The van der Waals surface area contributed by atoms with Gasteiger partial charge in [0.05, 0.1) is 16.9 Å². The molecule has 1 amide bonds. The van der Waals surface area contributed by atoms with Gasteiger partial charge in [0.1, 0.15) is 0 Å². The standard InChI is InChI=1S/C16H19N3O3/c17-12-14(13-5-7-15(8-6-13)19(21)22)11-16(20)18-9-3-1-2-4-10-18/h5-8,14H,1-4,9-11H2. The smallest absolute Gasteiger partial charge is 0.269 e. The van der Waals surface area contributed by atoms with E-state index in [1.807, 2.05) is 4.90 Å². The lowest BCUT2D eigenvalue weighted by molar-refractivity contribution is -0.384. The average Bonchev–Trinajstić information content (AvgIpc) is 2.81. The lowest BCUT2D eigenvalue weighted by Gasteiger charge is -2.21. The molecule has 6 heteroatoms. The van der Waals surface area contributed by atoms with Crippen molar-refractivity contribution in [2.75, 3.05) is 13.1 Å². The fourth-order valence-corrected chi connectivity index (χ4v) is 2.69. The normalized spacial score (nSPS) is 16.4. The molecule has 1 fully saturated rings. The van der Waals surface area contributed by atoms with Gasteiger partial charge in [-0.2, -0.15) is 5.26 Å². The van der Waals surface area contributed by atoms with Crippen molar-refractivity contribution in [1.82, 2.24) is 4.90 Å². The summed E-state index contributed by atoms with van der Waals surface area (Å²) in [5.41, 5.74) is 0.635. The molecule has 0 aromatic heterocycles. The summed E-state index contributed by atoms with van der Waals surface area (Å²) in [6.45, 7) is 1.52. The highest BCUT2D eigenvalue weighted by Crippen LogP contribution is 2.23. The number of carbonyl (C=O) groups excluding carboxylic acids is 1. The average molecular weight is 301 g/mol. The number of nitrogens with zero attached hydrogens (tertiary/aromatic N) is 3. The minimum Gasteiger partial charge on any atom is -0.343 e. The van der Waals surface area contributed by atoms with E-state index in [0.717, 1.165) is 38.8 Å². The first-order valence-electron chi connectivity index (χ1n) is 7.53. The van der Waals surface area contributed by atoms with Crippen LogP contribution in [0.4, 0.5) is 5.69 Å². The number of hydrogen-bond donors (Lipinski definition) is 0. The van der Waals surface area contributed by atoms with E-state index in [4.69, 9.17) is 0 Å². The van der Waals surface area contributed by atoms with Gasteiger partial charge < -0.3 is 4.90 Å². The van der Waals surface area contributed by atoms with Gasteiger partial charge >= 0.3 is 0 Å². The van der Waals surface area contributed by atoms with E-state index in [1.165, 1.54) is 12.1 Å². The van der Waals surface area contributed by atoms with Crippen molar-refractivity contribution in [3.05, 3.63) is 39.9 Å². The van der Waals surface area contributed by atoms with Gasteiger partial charge in [0.15, 0.2) is 0 Å². The maximum Gasteiger partial charge on any atom is 0.269 e. The highest BCUT2D eigenvalue weighted by atomic mass is 16.6. The Morgan fingerprint density at radius 2 is 1.82 bits per heavy atom. The van der Waals surface area contributed by atoms with Crippen LogP contribution in [0.5, 0.6) is 0 Å². The monoisotopic (exact) mass is 301 g/mol. The third-order valence-electron chi connectivity index (χ3n) is 4.00. The summed E-state index contributed by atoms with van der Waals surface area (Å²) in [4.78, 5) is 24.3. The lowest BCUT2D eigenvalue weighted by atomic mass is 9.96. The number of nitro groups is 1. The predicted molar refractivity (Wildman–Crippen MR) is 81.1 cm³/mol. The molecule has 0 saturated carbocycles. The molecule has 1 aliphatic heterocycles. The number of nitriles is 1. The van der Waals surface area contributed by atoms with Crippen LogP contribution < -0.4 is 0 Å². The summed E-state index contributed by atoms with van der Waals surface area (Å²) >= 11 is 0. The Morgan fingerprint density at radius 3 is 2.32 bits per heavy atom. The molecule has 0 aliphatic carbocycles. The summed E-state index contributed by atoms with van der Waals surface area (Å²) in [5.74, 6) is -0.566. The van der Waals surface area contributed by atoms with E-state index in [9.17, 15) is 20.2 Å². The molecular formula is C16H19N3O3. The molecule has 0 spiro atoms. The van der Waals surface area contributed by atoms with Gasteiger partial charge in [-0.1, -0.05) is 25.0 Å². The van der Waals surface area contributed by atoms with E-state index in [1.54, 1.807) is 12.1 Å². The van der Waals surface area contributed by atoms with E-state index >= 15 is 0 Å². The van der Waals surface area contributed by atoms with Crippen molar-refractivity contribution in [3.63, 3.8) is 0 Å². The topological polar surface area (TPSA) is 87.2 Å². The minimum atomic E-state index is -0.559. The van der Waals surface area contributed by atoms with Crippen LogP contribution in [0.15, 0.2) is 24.3 Å². The molecule has 116 valence electrons. The Hall–Kier alpha value is -2.42. The number of likely N-dealkylation sites (tertiary alicyclic amines) is 1. The fraction of sp³-hybridized carbons (Fsp3) is 0.500. The molecule has 1 atom stereocenters.